The fourth-order valence-electron chi connectivity index (χ4n) is 3.29. The highest BCUT2D eigenvalue weighted by Crippen LogP contribution is 2.33. The van der Waals surface area contributed by atoms with Crippen molar-refractivity contribution in [3.05, 3.63) is 76.9 Å². The highest BCUT2D eigenvalue weighted by atomic mass is 35.5. The predicted molar refractivity (Wildman–Crippen MR) is 130 cm³/mol. The Bertz CT molecular complexity index is 1380. The molecule has 6 nitrogen and oxygen atoms in total. The molecule has 1 heterocycles. The number of rotatable bonds is 6. The van der Waals surface area contributed by atoms with E-state index >= 15 is 0 Å². The standard InChI is InChI=1S/C23H19Cl2N3O3S/c1-31-22-11-16(7-10-20(22)28-32(2,29)30)14-3-5-15(6-4-14)23-26-13-21(27-23)18-9-8-17(24)12-19(18)25/h3-13,28H,1-2H3,(H,26,27). The van der Waals surface area contributed by atoms with Crippen LogP contribution in [0, 0.1) is 0 Å². The highest BCUT2D eigenvalue weighted by molar-refractivity contribution is 7.92. The van der Waals surface area contributed by atoms with Crippen molar-refractivity contribution in [3.8, 4) is 39.5 Å². The van der Waals surface area contributed by atoms with Crippen LogP contribution in [0.2, 0.25) is 10.0 Å². The summed E-state index contributed by atoms with van der Waals surface area (Å²) in [7, 11) is -1.90. The minimum atomic E-state index is -3.40. The third-order valence-corrected chi connectivity index (χ3v) is 5.92. The molecule has 0 aliphatic heterocycles. The Morgan fingerprint density at radius 2 is 1.62 bits per heavy atom. The molecule has 32 heavy (non-hydrogen) atoms. The van der Waals surface area contributed by atoms with Crippen molar-refractivity contribution in [2.75, 3.05) is 18.1 Å². The maximum absolute atomic E-state index is 11.5. The van der Waals surface area contributed by atoms with Crippen molar-refractivity contribution in [1.29, 1.82) is 0 Å². The second-order valence-corrected chi connectivity index (χ2v) is 9.73. The van der Waals surface area contributed by atoms with Crippen molar-refractivity contribution < 1.29 is 13.2 Å². The van der Waals surface area contributed by atoms with E-state index in [1.54, 1.807) is 30.5 Å². The topological polar surface area (TPSA) is 84.1 Å². The van der Waals surface area contributed by atoms with Crippen LogP contribution in [0.4, 0.5) is 5.69 Å². The van der Waals surface area contributed by atoms with Crippen LogP contribution in [0.3, 0.4) is 0 Å². The SMILES string of the molecule is COc1cc(-c2ccc(-c3ncc(-c4ccc(Cl)cc4Cl)[nH]3)cc2)ccc1NS(C)(=O)=O. The number of aromatic nitrogens is 2. The summed E-state index contributed by atoms with van der Waals surface area (Å²) in [5, 5.41) is 1.12. The summed E-state index contributed by atoms with van der Waals surface area (Å²) in [5.41, 5.74) is 4.75. The van der Waals surface area contributed by atoms with Crippen LogP contribution in [0.25, 0.3) is 33.8 Å². The number of anilines is 1. The summed E-state index contributed by atoms with van der Waals surface area (Å²) < 4.78 is 30.9. The van der Waals surface area contributed by atoms with Crippen molar-refractivity contribution in [3.63, 3.8) is 0 Å². The molecule has 0 fully saturated rings. The van der Waals surface area contributed by atoms with E-state index < -0.39 is 10.0 Å². The van der Waals surface area contributed by atoms with Crippen LogP contribution in [-0.4, -0.2) is 31.8 Å². The van der Waals surface area contributed by atoms with Gasteiger partial charge in [-0.1, -0.05) is 53.5 Å². The number of nitrogens with one attached hydrogen (secondary N) is 2. The average Bonchev–Trinajstić information content (AvgIpc) is 3.23. The molecule has 0 unspecified atom stereocenters. The first-order valence-corrected chi connectivity index (χ1v) is 12.2. The number of nitrogens with zero attached hydrogens (tertiary/aromatic N) is 1. The average molecular weight is 488 g/mol. The normalized spacial score (nSPS) is 11.4. The summed E-state index contributed by atoms with van der Waals surface area (Å²) in [4.78, 5) is 7.76. The van der Waals surface area contributed by atoms with Crippen LogP contribution >= 0.6 is 23.2 Å². The zero-order chi connectivity index (χ0) is 22.9. The van der Waals surface area contributed by atoms with E-state index in [1.807, 2.05) is 36.4 Å². The molecule has 9 heteroatoms. The molecule has 0 aliphatic carbocycles. The van der Waals surface area contributed by atoms with Gasteiger partial charge in [0.05, 0.1) is 36.0 Å². The van der Waals surface area contributed by atoms with Crippen molar-refractivity contribution >= 4 is 38.9 Å². The molecule has 4 aromatic rings. The molecule has 0 spiro atoms. The van der Waals surface area contributed by atoms with Gasteiger partial charge < -0.3 is 9.72 Å². The van der Waals surface area contributed by atoms with E-state index in [0.29, 0.717) is 27.3 Å². The maximum Gasteiger partial charge on any atom is 0.229 e. The molecule has 2 N–H and O–H groups in total. The second-order valence-electron chi connectivity index (χ2n) is 7.14. The van der Waals surface area contributed by atoms with Gasteiger partial charge in [-0.05, 0) is 41.5 Å². The van der Waals surface area contributed by atoms with Gasteiger partial charge in [0.25, 0.3) is 0 Å². The van der Waals surface area contributed by atoms with E-state index in [-0.39, 0.29) is 0 Å². The van der Waals surface area contributed by atoms with Crippen molar-refractivity contribution in [2.45, 2.75) is 0 Å². The molecule has 0 amide bonds. The van der Waals surface area contributed by atoms with Crippen LogP contribution < -0.4 is 9.46 Å². The maximum atomic E-state index is 11.5. The Labute approximate surface area is 196 Å². The molecule has 0 saturated carbocycles. The quantitative estimate of drug-likeness (QED) is 0.344. The van der Waals surface area contributed by atoms with Gasteiger partial charge in [-0.25, -0.2) is 13.4 Å². The fraction of sp³-hybridized carbons (Fsp3) is 0.0870. The summed E-state index contributed by atoms with van der Waals surface area (Å²) in [5.74, 6) is 1.15. The third kappa shape index (κ3) is 4.91. The van der Waals surface area contributed by atoms with Gasteiger partial charge in [0, 0.05) is 16.1 Å². The molecular weight excluding hydrogens is 469 g/mol. The van der Waals surface area contributed by atoms with E-state index in [1.165, 1.54) is 7.11 Å². The van der Waals surface area contributed by atoms with Crippen molar-refractivity contribution in [1.82, 2.24) is 9.97 Å². The van der Waals surface area contributed by atoms with Gasteiger partial charge in [-0.2, -0.15) is 0 Å². The number of hydrogen-bond acceptors (Lipinski definition) is 4. The summed E-state index contributed by atoms with van der Waals surface area (Å²) in [6.07, 6.45) is 2.83. The number of halogens is 2. The summed E-state index contributed by atoms with van der Waals surface area (Å²) in [6.45, 7) is 0. The first-order chi connectivity index (χ1) is 15.2. The monoisotopic (exact) mass is 487 g/mol. The van der Waals surface area contributed by atoms with Gasteiger partial charge in [-0.3, -0.25) is 4.72 Å². The van der Waals surface area contributed by atoms with Crippen LogP contribution in [0.5, 0.6) is 5.75 Å². The van der Waals surface area contributed by atoms with Gasteiger partial charge >= 0.3 is 0 Å². The number of hydrogen-bond donors (Lipinski definition) is 2. The Hall–Kier alpha value is -3.00. The first kappa shape index (κ1) is 22.2. The number of sulfonamides is 1. The third-order valence-electron chi connectivity index (χ3n) is 4.79. The van der Waals surface area contributed by atoms with Gasteiger partial charge in [0.2, 0.25) is 10.0 Å². The van der Waals surface area contributed by atoms with E-state index in [0.717, 1.165) is 34.2 Å². The number of benzene rings is 3. The Morgan fingerprint density at radius 1 is 0.938 bits per heavy atom. The molecule has 164 valence electrons. The smallest absolute Gasteiger partial charge is 0.229 e. The van der Waals surface area contributed by atoms with Crippen LogP contribution in [0.15, 0.2) is 66.9 Å². The van der Waals surface area contributed by atoms with E-state index in [2.05, 4.69) is 14.7 Å². The minimum absolute atomic E-state index is 0.388. The zero-order valence-electron chi connectivity index (χ0n) is 17.2. The molecule has 0 bridgehead atoms. The lowest BCUT2D eigenvalue weighted by Gasteiger charge is -2.12. The predicted octanol–water partition coefficient (Wildman–Crippen LogP) is 6.10. The Morgan fingerprint density at radius 3 is 2.28 bits per heavy atom. The zero-order valence-corrected chi connectivity index (χ0v) is 19.5. The van der Waals surface area contributed by atoms with Gasteiger partial charge in [0.15, 0.2) is 0 Å². The Balaban J connectivity index is 1.59. The molecule has 4 rings (SSSR count). The highest BCUT2D eigenvalue weighted by Gasteiger charge is 2.12. The molecule has 0 aliphatic rings. The lowest BCUT2D eigenvalue weighted by atomic mass is 10.0. The number of imidazole rings is 1. The Kier molecular flexibility index (Phi) is 6.15. The first-order valence-electron chi connectivity index (χ1n) is 9.50. The van der Waals surface area contributed by atoms with Gasteiger partial charge in [0.1, 0.15) is 11.6 Å². The largest absolute Gasteiger partial charge is 0.495 e. The number of ether oxygens (including phenoxy) is 1. The summed E-state index contributed by atoms with van der Waals surface area (Å²) >= 11 is 12.3. The minimum Gasteiger partial charge on any atom is -0.495 e. The molecular formula is C23H19Cl2N3O3S. The molecule has 0 atom stereocenters. The fourth-order valence-corrected chi connectivity index (χ4v) is 4.37. The molecule has 0 radical (unpaired) electrons. The van der Waals surface area contributed by atoms with Crippen LogP contribution in [0.1, 0.15) is 0 Å². The van der Waals surface area contributed by atoms with Gasteiger partial charge in [-0.15, -0.1) is 0 Å². The number of aromatic amines is 1. The molecule has 0 saturated heterocycles. The van der Waals surface area contributed by atoms with E-state index in [9.17, 15) is 8.42 Å². The summed E-state index contributed by atoms with van der Waals surface area (Å²) in [6, 6.07) is 18.5. The number of H-pyrrole nitrogens is 1. The van der Waals surface area contributed by atoms with Crippen molar-refractivity contribution in [2.24, 2.45) is 0 Å². The van der Waals surface area contributed by atoms with E-state index in [4.69, 9.17) is 27.9 Å². The lowest BCUT2D eigenvalue weighted by Crippen LogP contribution is -2.10. The lowest BCUT2D eigenvalue weighted by molar-refractivity contribution is 0.417. The second kappa shape index (κ2) is 8.86. The molecule has 3 aromatic carbocycles. The number of methoxy groups -OCH3 is 1. The van der Waals surface area contributed by atoms with Crippen LogP contribution in [-0.2, 0) is 10.0 Å². The molecule has 1 aromatic heterocycles.